The number of nitrogen functional groups attached to an aromatic ring is 1. The molecule has 1 aromatic heterocycles. The predicted octanol–water partition coefficient (Wildman–Crippen LogP) is 1.11. The van der Waals surface area contributed by atoms with E-state index in [-0.39, 0.29) is 0 Å². The fourth-order valence-electron chi connectivity index (χ4n) is 2.41. The maximum absolute atomic E-state index is 5.88. The normalized spacial score (nSPS) is 20.4. The van der Waals surface area contributed by atoms with E-state index in [1.54, 1.807) is 0 Å². The van der Waals surface area contributed by atoms with Gasteiger partial charge in [-0.1, -0.05) is 6.92 Å². The van der Waals surface area contributed by atoms with Crippen LogP contribution in [0.15, 0.2) is 12.1 Å². The minimum Gasteiger partial charge on any atom is -0.476 e. The Labute approximate surface area is 127 Å². The van der Waals surface area contributed by atoms with Crippen molar-refractivity contribution in [1.82, 2.24) is 14.8 Å². The monoisotopic (exact) mass is 293 g/mol. The third-order valence-electron chi connectivity index (χ3n) is 3.83. The predicted molar refractivity (Wildman–Crippen MR) is 86.8 cm³/mol. The lowest BCUT2D eigenvalue weighted by Crippen LogP contribution is -2.52. The van der Waals surface area contributed by atoms with Crippen molar-refractivity contribution in [2.75, 3.05) is 57.9 Å². The van der Waals surface area contributed by atoms with Crippen LogP contribution in [0.4, 0.5) is 11.5 Å². The molecule has 0 aliphatic carbocycles. The van der Waals surface area contributed by atoms with E-state index in [1.807, 2.05) is 12.1 Å². The zero-order valence-electron chi connectivity index (χ0n) is 13.3. The average molecular weight is 293 g/mol. The first-order chi connectivity index (χ1) is 10.1. The van der Waals surface area contributed by atoms with Crippen LogP contribution in [0, 0.1) is 0 Å². The van der Waals surface area contributed by atoms with Gasteiger partial charge in [0, 0.05) is 32.2 Å². The summed E-state index contributed by atoms with van der Waals surface area (Å²) in [7, 11) is 4.34. The average Bonchev–Trinajstić information content (AvgIpc) is 2.48. The number of likely N-dealkylation sites (N-methyl/N-ethyl adjacent to an activating group) is 2. The Morgan fingerprint density at radius 3 is 2.95 bits per heavy atom. The van der Waals surface area contributed by atoms with E-state index in [9.17, 15) is 0 Å². The van der Waals surface area contributed by atoms with E-state index in [4.69, 9.17) is 10.5 Å². The van der Waals surface area contributed by atoms with Crippen LogP contribution in [0.5, 0.6) is 5.88 Å². The summed E-state index contributed by atoms with van der Waals surface area (Å²) in [6, 6.07) is 4.24. The molecule has 6 nitrogen and oxygen atoms in total. The Morgan fingerprint density at radius 2 is 2.19 bits per heavy atom. The minimum atomic E-state index is 0.489. The third-order valence-corrected chi connectivity index (χ3v) is 3.83. The molecule has 1 aliphatic heterocycles. The van der Waals surface area contributed by atoms with Gasteiger partial charge in [0.2, 0.25) is 5.88 Å². The molecule has 0 saturated carbocycles. The van der Waals surface area contributed by atoms with Crippen LogP contribution in [0.3, 0.4) is 0 Å². The molecular weight excluding hydrogens is 266 g/mol. The Hall–Kier alpha value is -1.53. The molecule has 0 amide bonds. The van der Waals surface area contributed by atoms with Crippen LogP contribution in [0.2, 0.25) is 0 Å². The number of anilines is 2. The number of hydrogen-bond donors (Lipinski definition) is 2. The van der Waals surface area contributed by atoms with Crippen molar-refractivity contribution in [3.8, 4) is 5.88 Å². The van der Waals surface area contributed by atoms with Crippen LogP contribution in [-0.4, -0.2) is 67.7 Å². The van der Waals surface area contributed by atoms with Gasteiger partial charge in [-0.05, 0) is 32.6 Å². The van der Waals surface area contributed by atoms with Gasteiger partial charge in [-0.2, -0.15) is 4.98 Å². The number of nitrogens with one attached hydrogen (secondary N) is 1. The standard InChI is InChI=1S/C15H27N5O/c1-4-9-21-15-13(16)5-6-14(18-15)17-10-12-11-19(2)7-8-20(12)3/h5-6,12H,4,7-11,16H2,1-3H3,(H,17,18). The Morgan fingerprint density at radius 1 is 1.38 bits per heavy atom. The smallest absolute Gasteiger partial charge is 0.239 e. The maximum Gasteiger partial charge on any atom is 0.239 e. The van der Waals surface area contributed by atoms with Crippen molar-refractivity contribution in [3.63, 3.8) is 0 Å². The molecule has 1 atom stereocenters. The summed E-state index contributed by atoms with van der Waals surface area (Å²) in [5.74, 6) is 1.34. The molecular formula is C15H27N5O. The van der Waals surface area contributed by atoms with Gasteiger partial charge in [0.05, 0.1) is 12.3 Å². The summed E-state index contributed by atoms with van der Waals surface area (Å²) in [6.45, 7) is 6.86. The number of hydrogen-bond acceptors (Lipinski definition) is 6. The zero-order chi connectivity index (χ0) is 15.2. The number of rotatable bonds is 6. The molecule has 2 heterocycles. The van der Waals surface area contributed by atoms with E-state index < -0.39 is 0 Å². The van der Waals surface area contributed by atoms with Gasteiger partial charge >= 0.3 is 0 Å². The molecule has 2 rings (SSSR count). The summed E-state index contributed by atoms with van der Waals surface area (Å²) in [5.41, 5.74) is 6.47. The Balaban J connectivity index is 1.93. The first-order valence-electron chi connectivity index (χ1n) is 7.62. The van der Waals surface area contributed by atoms with Gasteiger partial charge in [-0.3, -0.25) is 4.90 Å². The number of piperazine rings is 1. The fraction of sp³-hybridized carbons (Fsp3) is 0.667. The lowest BCUT2D eigenvalue weighted by Gasteiger charge is -2.37. The topological polar surface area (TPSA) is 66.7 Å². The molecule has 1 aliphatic rings. The Kier molecular flexibility index (Phi) is 5.64. The summed E-state index contributed by atoms with van der Waals surface area (Å²) < 4.78 is 5.56. The van der Waals surface area contributed by atoms with E-state index in [0.29, 0.717) is 24.2 Å². The summed E-state index contributed by atoms with van der Waals surface area (Å²) in [5, 5.41) is 3.39. The van der Waals surface area contributed by atoms with E-state index in [1.165, 1.54) is 0 Å². The largest absolute Gasteiger partial charge is 0.476 e. The van der Waals surface area contributed by atoms with Gasteiger partial charge in [-0.15, -0.1) is 0 Å². The lowest BCUT2D eigenvalue weighted by molar-refractivity contribution is 0.122. The molecule has 1 fully saturated rings. The number of aromatic nitrogens is 1. The molecule has 1 saturated heterocycles. The highest BCUT2D eigenvalue weighted by atomic mass is 16.5. The van der Waals surface area contributed by atoms with Crippen LogP contribution >= 0.6 is 0 Å². The highest BCUT2D eigenvalue weighted by Gasteiger charge is 2.21. The summed E-state index contributed by atoms with van der Waals surface area (Å²) in [6.07, 6.45) is 0.942. The van der Waals surface area contributed by atoms with Crippen molar-refractivity contribution in [2.24, 2.45) is 0 Å². The maximum atomic E-state index is 5.88. The third kappa shape index (κ3) is 4.47. The molecule has 0 radical (unpaired) electrons. The van der Waals surface area contributed by atoms with Crippen molar-refractivity contribution < 1.29 is 4.74 Å². The van der Waals surface area contributed by atoms with E-state index >= 15 is 0 Å². The molecule has 1 aromatic rings. The van der Waals surface area contributed by atoms with Gasteiger partial charge in [0.15, 0.2) is 0 Å². The second-order valence-electron chi connectivity index (χ2n) is 5.72. The quantitative estimate of drug-likeness (QED) is 0.819. The van der Waals surface area contributed by atoms with Crippen LogP contribution in [0.1, 0.15) is 13.3 Å². The van der Waals surface area contributed by atoms with Gasteiger partial charge < -0.3 is 20.7 Å². The van der Waals surface area contributed by atoms with Crippen LogP contribution in [0.25, 0.3) is 0 Å². The van der Waals surface area contributed by atoms with Gasteiger partial charge in [0.1, 0.15) is 5.82 Å². The molecule has 3 N–H and O–H groups in total. The molecule has 118 valence electrons. The molecule has 21 heavy (non-hydrogen) atoms. The molecule has 0 aromatic carbocycles. The number of nitrogens with two attached hydrogens (primary N) is 1. The number of nitrogens with zero attached hydrogens (tertiary/aromatic N) is 3. The summed E-state index contributed by atoms with van der Waals surface area (Å²) >= 11 is 0. The fourth-order valence-corrected chi connectivity index (χ4v) is 2.41. The van der Waals surface area contributed by atoms with Crippen molar-refractivity contribution in [3.05, 3.63) is 12.1 Å². The van der Waals surface area contributed by atoms with Gasteiger partial charge in [-0.25, -0.2) is 0 Å². The highest BCUT2D eigenvalue weighted by Crippen LogP contribution is 2.21. The first-order valence-corrected chi connectivity index (χ1v) is 7.62. The second kappa shape index (κ2) is 7.47. The zero-order valence-corrected chi connectivity index (χ0v) is 13.3. The van der Waals surface area contributed by atoms with Crippen molar-refractivity contribution in [1.29, 1.82) is 0 Å². The summed E-state index contributed by atoms with van der Waals surface area (Å²) in [4.78, 5) is 9.20. The van der Waals surface area contributed by atoms with Crippen molar-refractivity contribution >= 4 is 11.5 Å². The number of pyridine rings is 1. The highest BCUT2D eigenvalue weighted by molar-refractivity contribution is 5.53. The molecule has 1 unspecified atom stereocenters. The number of ether oxygens (including phenoxy) is 1. The van der Waals surface area contributed by atoms with Crippen molar-refractivity contribution in [2.45, 2.75) is 19.4 Å². The molecule has 0 spiro atoms. The molecule has 0 bridgehead atoms. The SMILES string of the molecule is CCCOc1nc(NCC2CN(C)CCN2C)ccc1N. The van der Waals surface area contributed by atoms with Crippen LogP contribution in [-0.2, 0) is 0 Å². The van der Waals surface area contributed by atoms with Gasteiger partial charge in [0.25, 0.3) is 0 Å². The Bertz CT molecular complexity index is 454. The first kappa shape index (κ1) is 15.9. The van der Waals surface area contributed by atoms with Crippen LogP contribution < -0.4 is 15.8 Å². The minimum absolute atomic E-state index is 0.489. The van der Waals surface area contributed by atoms with E-state index in [2.05, 4.69) is 41.1 Å². The lowest BCUT2D eigenvalue weighted by atomic mass is 10.2. The van der Waals surface area contributed by atoms with E-state index in [0.717, 1.165) is 38.4 Å². The molecule has 6 heteroatoms. The second-order valence-corrected chi connectivity index (χ2v) is 5.72.